The van der Waals surface area contributed by atoms with Crippen LogP contribution in [-0.4, -0.2) is 97.3 Å². The van der Waals surface area contributed by atoms with E-state index in [1.165, 1.54) is 17.7 Å². The summed E-state index contributed by atoms with van der Waals surface area (Å²) in [6.45, 7) is 8.37. The summed E-state index contributed by atoms with van der Waals surface area (Å²) in [7, 11) is 0. The minimum Gasteiger partial charge on any atom is -0.478 e. The number of carboxylic acid groups (broad SMARTS) is 1. The van der Waals surface area contributed by atoms with Crippen LogP contribution in [0.15, 0.2) is 59.3 Å². The fourth-order valence-electron chi connectivity index (χ4n) is 7.68. The van der Waals surface area contributed by atoms with E-state index in [0.717, 1.165) is 12.5 Å². The van der Waals surface area contributed by atoms with Gasteiger partial charge in [-0.2, -0.15) is 0 Å². The molecule has 0 aromatic heterocycles. The number of carboxylic acids is 1. The van der Waals surface area contributed by atoms with Crippen LogP contribution in [0.2, 0.25) is 0 Å². The molecule has 0 radical (unpaired) electrons. The Kier molecular flexibility index (Phi) is 10.4. The highest BCUT2D eigenvalue weighted by atomic mass is 16.6. The Morgan fingerprint density at radius 2 is 1.96 bits per heavy atom. The molecule has 0 amide bonds. The van der Waals surface area contributed by atoms with Crippen LogP contribution in [0.3, 0.4) is 0 Å². The average Bonchev–Trinajstić information content (AvgIpc) is 3.78. The molecule has 11 heteroatoms. The number of ether oxygens (including phenoxy) is 6. The molecule has 2 aliphatic carbocycles. The van der Waals surface area contributed by atoms with Gasteiger partial charge in [-0.15, -0.1) is 0 Å². The third-order valence-corrected chi connectivity index (χ3v) is 10.6. The molecule has 2 bridgehead atoms. The normalized spacial score (nSPS) is 37.3. The van der Waals surface area contributed by atoms with Gasteiger partial charge in [-0.1, -0.05) is 42.4 Å². The molecule has 0 aromatic rings. The van der Waals surface area contributed by atoms with Crippen LogP contribution in [0.25, 0.3) is 0 Å². The maximum atomic E-state index is 13.2. The van der Waals surface area contributed by atoms with Crippen molar-refractivity contribution in [3.63, 3.8) is 0 Å². The fourth-order valence-corrected chi connectivity index (χ4v) is 7.68. The lowest BCUT2D eigenvalue weighted by Gasteiger charge is -2.58. The highest BCUT2D eigenvalue weighted by Gasteiger charge is 2.83. The van der Waals surface area contributed by atoms with Crippen molar-refractivity contribution in [3.8, 4) is 0 Å². The predicted molar refractivity (Wildman–Crippen MR) is 166 cm³/mol. The number of aliphatic hydroxyl groups is 1. The summed E-state index contributed by atoms with van der Waals surface area (Å²) >= 11 is 0. The number of carbonyl (C=O) groups excluding carboxylic acids is 2. The lowest BCUT2D eigenvalue weighted by atomic mass is 9.51. The SMILES string of the molecule is CC1=C[C@H]2O[C@@H]3C[C@H]4OC(=O)C=CC=C[C@H]([C@@H](C)OCC/C(C)=C/C(=O)O)OCCC(CO)=CC(=O)OC[C@@]2(CC1)[C@]4(C)[C@]31CO1. The maximum Gasteiger partial charge on any atom is 0.331 e. The van der Waals surface area contributed by atoms with Crippen LogP contribution in [-0.2, 0) is 42.8 Å². The van der Waals surface area contributed by atoms with Crippen LogP contribution in [0.1, 0.15) is 59.8 Å². The van der Waals surface area contributed by atoms with Gasteiger partial charge in [-0.05, 0) is 52.0 Å². The maximum absolute atomic E-state index is 13.2. The number of hydrogen-bond donors (Lipinski definition) is 2. The first-order valence-electron chi connectivity index (χ1n) is 16.1. The molecule has 252 valence electrons. The van der Waals surface area contributed by atoms with E-state index >= 15 is 0 Å². The van der Waals surface area contributed by atoms with E-state index in [9.17, 15) is 19.5 Å². The third kappa shape index (κ3) is 6.66. The lowest BCUT2D eigenvalue weighted by Crippen LogP contribution is -2.66. The second-order valence-electron chi connectivity index (χ2n) is 13.3. The molecular formula is C35H46O11. The van der Waals surface area contributed by atoms with Crippen molar-refractivity contribution < 1.29 is 53.0 Å². The van der Waals surface area contributed by atoms with Crippen LogP contribution in [0, 0.1) is 10.8 Å². The monoisotopic (exact) mass is 642 g/mol. The van der Waals surface area contributed by atoms with Crippen molar-refractivity contribution in [2.45, 2.75) is 95.9 Å². The summed E-state index contributed by atoms with van der Waals surface area (Å²) < 4.78 is 36.9. The Morgan fingerprint density at radius 1 is 1.17 bits per heavy atom. The number of cyclic esters (lactones) is 1. The van der Waals surface area contributed by atoms with Gasteiger partial charge in [0.25, 0.3) is 0 Å². The summed E-state index contributed by atoms with van der Waals surface area (Å²) in [5.41, 5.74) is 0.349. The number of carbonyl (C=O) groups is 3. The lowest BCUT2D eigenvalue weighted by molar-refractivity contribution is -0.232. The highest BCUT2D eigenvalue weighted by molar-refractivity contribution is 5.83. The zero-order chi connectivity index (χ0) is 33.1. The van der Waals surface area contributed by atoms with Crippen molar-refractivity contribution in [1.29, 1.82) is 0 Å². The van der Waals surface area contributed by atoms with Gasteiger partial charge in [-0.25, -0.2) is 14.4 Å². The van der Waals surface area contributed by atoms with Gasteiger partial charge in [0.15, 0.2) is 0 Å². The second kappa shape index (κ2) is 13.9. The topological polar surface area (TPSA) is 150 Å². The molecule has 0 aromatic carbocycles. The predicted octanol–water partition coefficient (Wildman–Crippen LogP) is 3.76. The smallest absolute Gasteiger partial charge is 0.331 e. The van der Waals surface area contributed by atoms with Gasteiger partial charge in [0.1, 0.15) is 24.4 Å². The van der Waals surface area contributed by atoms with Crippen molar-refractivity contribution in [3.05, 3.63) is 59.3 Å². The molecule has 2 spiro atoms. The Hall–Kier alpha value is -3.09. The standard InChI is InChI=1S/C35H46O11/c1-22-9-12-34-20-43-32(40)17-25(19-36)11-14-42-26(24(3)41-13-10-23(2)16-30(37)38)7-5-6-8-31(39)46-27-18-29(45-28(34)15-22)35(21-44-35)33(27,34)4/h5-8,15-17,24,26-29,36H,9-14,18-21H2,1-4H3,(H,37,38)/b7-5?,8-6?,23-16+,25-17?/t24-,26-,27-,28-,29-,33-,34-,35+/m1/s1. The van der Waals surface area contributed by atoms with Crippen LogP contribution in [0.4, 0.5) is 0 Å². The summed E-state index contributed by atoms with van der Waals surface area (Å²) in [4.78, 5) is 37.3. The van der Waals surface area contributed by atoms with Gasteiger partial charge in [0.05, 0.1) is 50.2 Å². The summed E-state index contributed by atoms with van der Waals surface area (Å²) in [5.74, 6) is -2.08. The third-order valence-electron chi connectivity index (χ3n) is 10.6. The Labute approximate surface area is 269 Å². The molecule has 8 atom stereocenters. The van der Waals surface area contributed by atoms with E-state index in [-0.39, 0.29) is 45.1 Å². The number of allylic oxidation sites excluding steroid dienone is 3. The van der Waals surface area contributed by atoms with E-state index < -0.39 is 52.7 Å². The molecule has 5 rings (SSSR count). The number of rotatable bonds is 7. The Bertz CT molecular complexity index is 1340. The highest BCUT2D eigenvalue weighted by Crippen LogP contribution is 2.72. The summed E-state index contributed by atoms with van der Waals surface area (Å²) in [5, 5.41) is 19.0. The van der Waals surface area contributed by atoms with Crippen molar-refractivity contribution in [1.82, 2.24) is 0 Å². The van der Waals surface area contributed by atoms with Crippen LogP contribution >= 0.6 is 0 Å². The van der Waals surface area contributed by atoms with Gasteiger partial charge in [-0.3, -0.25) is 0 Å². The summed E-state index contributed by atoms with van der Waals surface area (Å²) in [6.07, 6.45) is 11.6. The molecule has 0 unspecified atom stereocenters. The molecule has 11 nitrogen and oxygen atoms in total. The number of hydrogen-bond acceptors (Lipinski definition) is 10. The van der Waals surface area contributed by atoms with Gasteiger partial charge in [0, 0.05) is 30.1 Å². The first-order valence-corrected chi connectivity index (χ1v) is 16.1. The van der Waals surface area contributed by atoms with E-state index in [2.05, 4.69) is 19.9 Å². The quantitative estimate of drug-likeness (QED) is 0.181. The number of aliphatic carboxylic acids is 1. The van der Waals surface area contributed by atoms with E-state index in [1.54, 1.807) is 25.2 Å². The number of esters is 2. The average molecular weight is 643 g/mol. The van der Waals surface area contributed by atoms with Gasteiger partial charge < -0.3 is 38.6 Å². The van der Waals surface area contributed by atoms with Gasteiger partial charge >= 0.3 is 17.9 Å². The number of epoxide rings is 1. The zero-order valence-electron chi connectivity index (χ0n) is 27.1. The van der Waals surface area contributed by atoms with Crippen LogP contribution in [0.5, 0.6) is 0 Å². The van der Waals surface area contributed by atoms with Gasteiger partial charge in [0.2, 0.25) is 0 Å². The Balaban J connectivity index is 1.39. The zero-order valence-corrected chi connectivity index (χ0v) is 27.1. The molecule has 5 aliphatic rings. The molecule has 46 heavy (non-hydrogen) atoms. The van der Waals surface area contributed by atoms with Crippen molar-refractivity contribution >= 4 is 17.9 Å². The Morgan fingerprint density at radius 3 is 2.67 bits per heavy atom. The second-order valence-corrected chi connectivity index (χ2v) is 13.3. The first kappa shape index (κ1) is 34.3. The summed E-state index contributed by atoms with van der Waals surface area (Å²) in [6, 6.07) is 0. The molecule has 3 fully saturated rings. The van der Waals surface area contributed by atoms with E-state index in [0.29, 0.717) is 37.0 Å². The van der Waals surface area contributed by atoms with Crippen molar-refractivity contribution in [2.24, 2.45) is 10.8 Å². The molecule has 3 heterocycles. The van der Waals surface area contributed by atoms with Crippen molar-refractivity contribution in [2.75, 3.05) is 33.0 Å². The van der Waals surface area contributed by atoms with Crippen LogP contribution < -0.4 is 0 Å². The largest absolute Gasteiger partial charge is 0.478 e. The molecular weight excluding hydrogens is 596 g/mol. The minimum absolute atomic E-state index is 0.0466. The molecule has 2 N–H and O–H groups in total. The molecule has 1 saturated carbocycles. The molecule has 2 saturated heterocycles. The fraction of sp³-hybridized carbons (Fsp3) is 0.629. The van der Waals surface area contributed by atoms with E-state index in [4.69, 9.17) is 33.5 Å². The number of aliphatic hydroxyl groups excluding tert-OH is 1. The minimum atomic E-state index is -1.01. The van der Waals surface area contributed by atoms with E-state index in [1.807, 2.05) is 6.92 Å². The first-order chi connectivity index (χ1) is 21.9. The molecule has 3 aliphatic heterocycles.